The third kappa shape index (κ3) is 5.41. The molecule has 11 heteroatoms. The number of halogens is 3. The van der Waals surface area contributed by atoms with Crippen molar-refractivity contribution in [3.05, 3.63) is 58.1 Å². The van der Waals surface area contributed by atoms with Crippen molar-refractivity contribution in [3.63, 3.8) is 0 Å². The van der Waals surface area contributed by atoms with Crippen LogP contribution in [0.3, 0.4) is 0 Å². The normalized spacial score (nSPS) is 11.3. The lowest BCUT2D eigenvalue weighted by Crippen LogP contribution is -2.31. The number of benzene rings is 1. The van der Waals surface area contributed by atoms with Crippen LogP contribution in [-0.2, 0) is 26.9 Å². The van der Waals surface area contributed by atoms with E-state index in [4.69, 9.17) is 0 Å². The fourth-order valence-corrected chi connectivity index (χ4v) is 3.93. The molecule has 0 saturated heterocycles. The molecule has 0 aliphatic rings. The maximum atomic E-state index is 12.9. The number of carbonyl (C=O) groups excluding carboxylic acids is 3. The Hall–Kier alpha value is -3.47. The van der Waals surface area contributed by atoms with Crippen LogP contribution in [0.4, 0.5) is 18.9 Å². The van der Waals surface area contributed by atoms with Gasteiger partial charge in [0, 0.05) is 11.1 Å². The van der Waals surface area contributed by atoms with Gasteiger partial charge in [-0.3, -0.25) is 14.4 Å². The predicted molar refractivity (Wildman–Crippen MR) is 112 cm³/mol. The molecule has 0 atom stereocenters. The lowest BCUT2D eigenvalue weighted by atomic mass is 10.1. The fraction of sp³-hybridized carbons (Fsp3) is 0.238. The molecule has 32 heavy (non-hydrogen) atoms. The van der Waals surface area contributed by atoms with Crippen LogP contribution in [0.1, 0.15) is 26.5 Å². The number of amides is 2. The Labute approximate surface area is 184 Å². The van der Waals surface area contributed by atoms with Crippen LogP contribution >= 0.6 is 11.3 Å². The van der Waals surface area contributed by atoms with Gasteiger partial charge in [-0.2, -0.15) is 13.2 Å². The smallest absolute Gasteiger partial charge is 0.433 e. The summed E-state index contributed by atoms with van der Waals surface area (Å²) in [5.74, 6) is -1.39. The van der Waals surface area contributed by atoms with E-state index in [1.54, 1.807) is 31.2 Å². The summed E-state index contributed by atoms with van der Waals surface area (Å²) < 4.78 is 43.1. The van der Waals surface area contributed by atoms with E-state index in [2.05, 4.69) is 20.4 Å². The van der Waals surface area contributed by atoms with Gasteiger partial charge in [0.2, 0.25) is 5.91 Å². The first-order chi connectivity index (χ1) is 15.1. The Morgan fingerprint density at radius 2 is 1.78 bits per heavy atom. The number of hydrogen-bond donors (Lipinski definition) is 2. The second-order valence-corrected chi connectivity index (χ2v) is 7.78. The van der Waals surface area contributed by atoms with Gasteiger partial charge in [-0.1, -0.05) is 12.1 Å². The van der Waals surface area contributed by atoms with Gasteiger partial charge in [-0.05, 0) is 42.3 Å². The lowest BCUT2D eigenvalue weighted by molar-refractivity contribution is -0.141. The monoisotopic (exact) mass is 465 g/mol. The van der Waals surface area contributed by atoms with Crippen LogP contribution in [-0.4, -0.2) is 36.4 Å². The number of aromatic nitrogens is 1. The molecule has 0 aliphatic carbocycles. The van der Waals surface area contributed by atoms with E-state index in [0.29, 0.717) is 22.2 Å². The molecular formula is C21H18F3N3O4S. The van der Waals surface area contributed by atoms with Crippen molar-refractivity contribution in [3.8, 4) is 0 Å². The molecule has 168 valence electrons. The van der Waals surface area contributed by atoms with Crippen molar-refractivity contribution < 1.29 is 32.3 Å². The molecule has 2 amide bonds. The van der Waals surface area contributed by atoms with Crippen molar-refractivity contribution in [2.24, 2.45) is 0 Å². The standard InChI is InChI=1S/C21H18F3N3O4S/c1-11-14-7-8-15(21(22,23)24)27-20(14)32-18(11)19(30)26-13-5-3-12(4-6-13)9-16(28)25-10-17(29)31-2/h3-8H,9-10H2,1-2H3,(H,25,28)(H,26,30). The number of rotatable bonds is 6. The molecule has 3 rings (SSSR count). The van der Waals surface area contributed by atoms with Crippen molar-refractivity contribution >= 4 is 45.0 Å². The number of methoxy groups -OCH3 is 1. The molecule has 0 spiro atoms. The Kier molecular flexibility index (Phi) is 6.78. The first kappa shape index (κ1) is 23.2. The number of ether oxygens (including phenoxy) is 1. The van der Waals surface area contributed by atoms with E-state index >= 15 is 0 Å². The van der Waals surface area contributed by atoms with Crippen molar-refractivity contribution in [1.82, 2.24) is 10.3 Å². The molecule has 0 saturated carbocycles. The molecule has 0 unspecified atom stereocenters. The van der Waals surface area contributed by atoms with Gasteiger partial charge < -0.3 is 15.4 Å². The maximum absolute atomic E-state index is 12.9. The Bertz CT molecular complexity index is 1170. The molecule has 2 heterocycles. The zero-order valence-corrected chi connectivity index (χ0v) is 17.8. The minimum Gasteiger partial charge on any atom is -0.468 e. The number of fused-ring (bicyclic) bond motifs is 1. The maximum Gasteiger partial charge on any atom is 0.433 e. The largest absolute Gasteiger partial charge is 0.468 e. The van der Waals surface area contributed by atoms with E-state index in [0.717, 1.165) is 17.4 Å². The first-order valence-electron chi connectivity index (χ1n) is 9.29. The third-order valence-electron chi connectivity index (χ3n) is 4.53. The number of nitrogens with zero attached hydrogens (tertiary/aromatic N) is 1. The van der Waals surface area contributed by atoms with Gasteiger partial charge in [-0.25, -0.2) is 4.98 Å². The van der Waals surface area contributed by atoms with Crippen molar-refractivity contribution in [2.45, 2.75) is 19.5 Å². The lowest BCUT2D eigenvalue weighted by Gasteiger charge is -2.07. The summed E-state index contributed by atoms with van der Waals surface area (Å²) in [6, 6.07) is 8.69. The number of anilines is 1. The number of esters is 1. The molecule has 0 aliphatic heterocycles. The van der Waals surface area contributed by atoms with E-state index < -0.39 is 23.7 Å². The molecule has 0 radical (unpaired) electrons. The SMILES string of the molecule is COC(=O)CNC(=O)Cc1ccc(NC(=O)c2sc3nc(C(F)(F)F)ccc3c2C)cc1. The highest BCUT2D eigenvalue weighted by molar-refractivity contribution is 7.20. The van der Waals surface area contributed by atoms with E-state index in [-0.39, 0.29) is 28.6 Å². The molecule has 0 bridgehead atoms. The van der Waals surface area contributed by atoms with E-state index in [1.807, 2.05) is 0 Å². The Morgan fingerprint density at radius 3 is 2.41 bits per heavy atom. The summed E-state index contributed by atoms with van der Waals surface area (Å²) in [6.45, 7) is 1.43. The van der Waals surface area contributed by atoms with E-state index in [9.17, 15) is 27.6 Å². The molecule has 3 aromatic rings. The number of thiophene rings is 1. The van der Waals surface area contributed by atoms with Crippen LogP contribution in [0, 0.1) is 6.92 Å². The van der Waals surface area contributed by atoms with Crippen LogP contribution in [0.15, 0.2) is 36.4 Å². The van der Waals surface area contributed by atoms with Gasteiger partial charge in [0.25, 0.3) is 5.91 Å². The van der Waals surface area contributed by atoms with Crippen LogP contribution in [0.25, 0.3) is 10.2 Å². The van der Waals surface area contributed by atoms with Crippen molar-refractivity contribution in [2.75, 3.05) is 19.0 Å². The van der Waals surface area contributed by atoms with Crippen LogP contribution in [0.5, 0.6) is 0 Å². The molecule has 7 nitrogen and oxygen atoms in total. The zero-order valence-electron chi connectivity index (χ0n) is 17.0. The summed E-state index contributed by atoms with van der Waals surface area (Å²) in [5.41, 5.74) is 0.647. The highest BCUT2D eigenvalue weighted by Gasteiger charge is 2.33. The molecular weight excluding hydrogens is 447 g/mol. The number of pyridine rings is 1. The first-order valence-corrected chi connectivity index (χ1v) is 10.1. The molecule has 2 N–H and O–H groups in total. The average Bonchev–Trinajstić information content (AvgIpc) is 3.09. The summed E-state index contributed by atoms with van der Waals surface area (Å²) in [4.78, 5) is 39.6. The molecule has 0 fully saturated rings. The minimum absolute atomic E-state index is 0.0356. The topological polar surface area (TPSA) is 97.4 Å². The number of nitrogens with one attached hydrogen (secondary N) is 2. The number of aryl methyl sites for hydroxylation is 1. The fourth-order valence-electron chi connectivity index (χ4n) is 2.86. The summed E-state index contributed by atoms with van der Waals surface area (Å²) in [7, 11) is 1.22. The van der Waals surface area contributed by atoms with Gasteiger partial charge >= 0.3 is 12.1 Å². The van der Waals surface area contributed by atoms with Crippen LogP contribution in [0.2, 0.25) is 0 Å². The van der Waals surface area contributed by atoms with Gasteiger partial charge in [-0.15, -0.1) is 11.3 Å². The second kappa shape index (κ2) is 9.35. The quantitative estimate of drug-likeness (QED) is 0.541. The molecule has 1 aromatic carbocycles. The minimum atomic E-state index is -4.56. The summed E-state index contributed by atoms with van der Waals surface area (Å²) in [6.07, 6.45) is -4.53. The second-order valence-electron chi connectivity index (χ2n) is 6.78. The highest BCUT2D eigenvalue weighted by Crippen LogP contribution is 2.34. The number of hydrogen-bond acceptors (Lipinski definition) is 6. The predicted octanol–water partition coefficient (Wildman–Crippen LogP) is 3.71. The van der Waals surface area contributed by atoms with Crippen LogP contribution < -0.4 is 10.6 Å². The summed E-state index contributed by atoms with van der Waals surface area (Å²) in [5, 5.41) is 5.60. The number of carbonyl (C=O) groups is 3. The zero-order chi connectivity index (χ0) is 23.5. The molecule has 2 aromatic heterocycles. The van der Waals surface area contributed by atoms with Crippen molar-refractivity contribution in [1.29, 1.82) is 0 Å². The van der Waals surface area contributed by atoms with Gasteiger partial charge in [0.15, 0.2) is 0 Å². The van der Waals surface area contributed by atoms with E-state index in [1.165, 1.54) is 13.2 Å². The third-order valence-corrected chi connectivity index (χ3v) is 5.73. The van der Waals surface area contributed by atoms with Gasteiger partial charge in [0.1, 0.15) is 17.1 Å². The average molecular weight is 465 g/mol. The summed E-state index contributed by atoms with van der Waals surface area (Å²) >= 11 is 0.889. The Balaban J connectivity index is 1.68. The number of alkyl halides is 3. The highest BCUT2D eigenvalue weighted by atomic mass is 32.1. The Morgan fingerprint density at radius 1 is 1.09 bits per heavy atom. The van der Waals surface area contributed by atoms with Gasteiger partial charge in [0.05, 0.1) is 18.4 Å².